The number of carbonyl (C=O) groups is 1. The van der Waals surface area contributed by atoms with Gasteiger partial charge in [0.2, 0.25) is 0 Å². The second-order valence-corrected chi connectivity index (χ2v) is 6.24. The number of carbonyl (C=O) groups excluding carboxylic acids is 1. The first kappa shape index (κ1) is 14.4. The van der Waals surface area contributed by atoms with E-state index in [9.17, 15) is 4.79 Å². The van der Waals surface area contributed by atoms with Gasteiger partial charge in [0.1, 0.15) is 6.61 Å². The van der Waals surface area contributed by atoms with Gasteiger partial charge in [-0.15, -0.1) is 0 Å². The molecule has 1 unspecified atom stereocenters. The summed E-state index contributed by atoms with van der Waals surface area (Å²) in [5, 5.41) is 0. The van der Waals surface area contributed by atoms with Crippen LogP contribution in [0.25, 0.3) is 0 Å². The summed E-state index contributed by atoms with van der Waals surface area (Å²) in [4.78, 5) is 14.1. The molecule has 0 radical (unpaired) electrons. The third-order valence-corrected chi connectivity index (χ3v) is 4.86. The molecule has 0 spiro atoms. The highest BCUT2D eigenvalue weighted by atomic mass is 16.6. The number of benzene rings is 1. The Balaban J connectivity index is 1.66. The van der Waals surface area contributed by atoms with Crippen molar-refractivity contribution in [2.45, 2.75) is 44.2 Å². The van der Waals surface area contributed by atoms with Gasteiger partial charge in [-0.25, -0.2) is 4.79 Å². The van der Waals surface area contributed by atoms with Gasteiger partial charge in [0.25, 0.3) is 0 Å². The Hall–Kier alpha value is -1.55. The van der Waals surface area contributed by atoms with E-state index in [0.29, 0.717) is 18.6 Å². The molecule has 4 nitrogen and oxygen atoms in total. The van der Waals surface area contributed by atoms with Gasteiger partial charge in [-0.1, -0.05) is 30.3 Å². The van der Waals surface area contributed by atoms with Gasteiger partial charge in [0.15, 0.2) is 0 Å². The van der Waals surface area contributed by atoms with E-state index in [4.69, 9.17) is 10.5 Å². The highest BCUT2D eigenvalue weighted by Gasteiger charge is 2.39. The normalized spacial score (nSPS) is 29.5. The van der Waals surface area contributed by atoms with Crippen LogP contribution < -0.4 is 5.73 Å². The van der Waals surface area contributed by atoms with E-state index in [2.05, 4.69) is 12.1 Å². The number of nitrogens with two attached hydrogens (primary N) is 1. The van der Waals surface area contributed by atoms with Crippen LogP contribution in [0.5, 0.6) is 0 Å². The number of ether oxygens (including phenoxy) is 1. The van der Waals surface area contributed by atoms with Crippen molar-refractivity contribution in [2.75, 3.05) is 13.2 Å². The van der Waals surface area contributed by atoms with Crippen molar-refractivity contribution in [1.29, 1.82) is 0 Å². The fourth-order valence-electron chi connectivity index (χ4n) is 3.62. The largest absolute Gasteiger partial charge is 0.447 e. The van der Waals surface area contributed by atoms with Crippen molar-refractivity contribution in [2.24, 2.45) is 11.7 Å². The minimum Gasteiger partial charge on any atom is -0.447 e. The molecule has 1 aliphatic heterocycles. The zero-order valence-corrected chi connectivity index (χ0v) is 12.4. The van der Waals surface area contributed by atoms with Crippen LogP contribution >= 0.6 is 0 Å². The van der Waals surface area contributed by atoms with Crippen molar-refractivity contribution in [1.82, 2.24) is 4.90 Å². The van der Waals surface area contributed by atoms with Crippen LogP contribution in [0.2, 0.25) is 0 Å². The van der Waals surface area contributed by atoms with Gasteiger partial charge >= 0.3 is 6.09 Å². The second-order valence-electron chi connectivity index (χ2n) is 6.24. The second kappa shape index (κ2) is 6.48. The molecule has 1 amide bonds. The summed E-state index contributed by atoms with van der Waals surface area (Å²) in [7, 11) is 0. The quantitative estimate of drug-likeness (QED) is 0.926. The highest BCUT2D eigenvalue weighted by molar-refractivity contribution is 5.70. The molecular weight excluding hydrogens is 264 g/mol. The summed E-state index contributed by atoms with van der Waals surface area (Å²) in [6.07, 6.45) is 5.12. The minimum atomic E-state index is -0.132. The number of rotatable bonds is 4. The van der Waals surface area contributed by atoms with Crippen molar-refractivity contribution in [3.05, 3.63) is 35.9 Å². The van der Waals surface area contributed by atoms with Gasteiger partial charge in [-0.3, -0.25) is 4.90 Å². The van der Waals surface area contributed by atoms with Gasteiger partial charge in [-0.2, -0.15) is 0 Å². The van der Waals surface area contributed by atoms with Crippen LogP contribution in [0, 0.1) is 5.92 Å². The standard InChI is InChI=1S/C17H24N2O2/c18-11-14-6-8-15(9-7-14)19-16(12-21-17(19)20)10-13-4-2-1-3-5-13/h1-5,14-16H,6-12,18H2. The van der Waals surface area contributed by atoms with E-state index in [0.717, 1.165) is 38.6 Å². The number of cyclic esters (lactones) is 1. The Kier molecular flexibility index (Phi) is 4.44. The summed E-state index contributed by atoms with van der Waals surface area (Å²) < 4.78 is 5.32. The molecule has 21 heavy (non-hydrogen) atoms. The Morgan fingerprint density at radius 2 is 1.86 bits per heavy atom. The molecule has 1 saturated carbocycles. The molecule has 4 heteroatoms. The molecule has 2 fully saturated rings. The maximum absolute atomic E-state index is 12.1. The van der Waals surface area contributed by atoms with Crippen molar-refractivity contribution < 1.29 is 9.53 Å². The number of nitrogens with zero attached hydrogens (tertiary/aromatic N) is 1. The third-order valence-electron chi connectivity index (χ3n) is 4.86. The Morgan fingerprint density at radius 1 is 1.14 bits per heavy atom. The Bertz CT molecular complexity index is 469. The average molecular weight is 288 g/mol. The lowest BCUT2D eigenvalue weighted by molar-refractivity contribution is 0.124. The van der Waals surface area contributed by atoms with Gasteiger partial charge in [0.05, 0.1) is 6.04 Å². The number of amides is 1. The highest BCUT2D eigenvalue weighted by Crippen LogP contribution is 2.31. The summed E-state index contributed by atoms with van der Waals surface area (Å²) >= 11 is 0. The predicted octanol–water partition coefficient (Wildman–Crippen LogP) is 2.57. The first-order chi connectivity index (χ1) is 10.3. The molecule has 3 rings (SSSR count). The van der Waals surface area contributed by atoms with Crippen LogP contribution in [0.4, 0.5) is 4.79 Å². The molecular formula is C17H24N2O2. The lowest BCUT2D eigenvalue weighted by Crippen LogP contribution is -2.45. The summed E-state index contributed by atoms with van der Waals surface area (Å²) in [6, 6.07) is 10.9. The van der Waals surface area contributed by atoms with E-state index in [1.54, 1.807) is 0 Å². The van der Waals surface area contributed by atoms with Crippen molar-refractivity contribution in [3.8, 4) is 0 Å². The van der Waals surface area contributed by atoms with Crippen molar-refractivity contribution in [3.63, 3.8) is 0 Å². The lowest BCUT2D eigenvalue weighted by atomic mass is 9.85. The zero-order chi connectivity index (χ0) is 14.7. The van der Waals surface area contributed by atoms with E-state index < -0.39 is 0 Å². The van der Waals surface area contributed by atoms with E-state index in [1.807, 2.05) is 23.1 Å². The molecule has 1 aliphatic carbocycles. The predicted molar refractivity (Wildman–Crippen MR) is 81.9 cm³/mol. The summed E-state index contributed by atoms with van der Waals surface area (Å²) in [5.74, 6) is 0.632. The maximum atomic E-state index is 12.1. The molecule has 0 bridgehead atoms. The first-order valence-electron chi connectivity index (χ1n) is 7.97. The molecule has 0 aromatic heterocycles. The van der Waals surface area contributed by atoms with E-state index in [1.165, 1.54) is 5.56 Å². The minimum absolute atomic E-state index is 0.132. The molecule has 1 heterocycles. The molecule has 2 aliphatic rings. The summed E-state index contributed by atoms with van der Waals surface area (Å²) in [6.45, 7) is 1.29. The number of hydrogen-bond acceptors (Lipinski definition) is 3. The molecule has 1 saturated heterocycles. The van der Waals surface area contributed by atoms with E-state index >= 15 is 0 Å². The van der Waals surface area contributed by atoms with Gasteiger partial charge in [0, 0.05) is 6.04 Å². The monoisotopic (exact) mass is 288 g/mol. The lowest BCUT2D eigenvalue weighted by Gasteiger charge is -2.35. The topological polar surface area (TPSA) is 55.6 Å². The van der Waals surface area contributed by atoms with Gasteiger partial charge in [-0.05, 0) is 50.1 Å². The van der Waals surface area contributed by atoms with Crippen LogP contribution in [0.3, 0.4) is 0 Å². The Labute approximate surface area is 126 Å². The fraction of sp³-hybridized carbons (Fsp3) is 0.588. The fourth-order valence-corrected chi connectivity index (χ4v) is 3.62. The van der Waals surface area contributed by atoms with Gasteiger partial charge < -0.3 is 10.5 Å². The van der Waals surface area contributed by atoms with Crippen molar-refractivity contribution >= 4 is 6.09 Å². The zero-order valence-electron chi connectivity index (χ0n) is 12.4. The maximum Gasteiger partial charge on any atom is 0.410 e. The molecule has 114 valence electrons. The first-order valence-corrected chi connectivity index (χ1v) is 7.97. The third kappa shape index (κ3) is 3.21. The molecule has 1 atom stereocenters. The average Bonchev–Trinajstić information content (AvgIpc) is 2.89. The summed E-state index contributed by atoms with van der Waals surface area (Å²) in [5.41, 5.74) is 7.02. The van der Waals surface area contributed by atoms with Crippen LogP contribution in [0.15, 0.2) is 30.3 Å². The van der Waals surface area contributed by atoms with E-state index in [-0.39, 0.29) is 12.1 Å². The molecule has 1 aromatic carbocycles. The molecule has 1 aromatic rings. The molecule has 2 N–H and O–H groups in total. The Morgan fingerprint density at radius 3 is 2.52 bits per heavy atom. The number of hydrogen-bond donors (Lipinski definition) is 1. The van der Waals surface area contributed by atoms with Crippen LogP contribution in [-0.4, -0.2) is 36.2 Å². The SMILES string of the molecule is NCC1CCC(N2C(=O)OCC2Cc2ccccc2)CC1. The smallest absolute Gasteiger partial charge is 0.410 e. The van der Waals surface area contributed by atoms with Crippen LogP contribution in [-0.2, 0) is 11.2 Å². The van der Waals surface area contributed by atoms with Crippen LogP contribution in [0.1, 0.15) is 31.2 Å².